The second-order valence-electron chi connectivity index (χ2n) is 7.57. The molecule has 2 aliphatic rings. The second kappa shape index (κ2) is 11.0. The smallest absolute Gasteiger partial charge is 0.191 e. The first-order valence-electron chi connectivity index (χ1n) is 10.1. The molecule has 1 saturated heterocycles. The first-order chi connectivity index (χ1) is 12.7. The van der Waals surface area contributed by atoms with Gasteiger partial charge in [-0.25, -0.2) is 4.98 Å². The molecule has 3 N–H and O–H groups in total. The van der Waals surface area contributed by atoms with Gasteiger partial charge in [0.25, 0.3) is 0 Å². The van der Waals surface area contributed by atoms with Gasteiger partial charge in [-0.15, -0.1) is 24.0 Å². The normalized spacial score (nSPS) is 20.7. The number of pyridine rings is 1. The summed E-state index contributed by atoms with van der Waals surface area (Å²) in [5, 5.41) is 17.6. The van der Waals surface area contributed by atoms with E-state index in [0.717, 1.165) is 69.9 Å². The zero-order chi connectivity index (χ0) is 18.2. The Morgan fingerprint density at radius 2 is 2.00 bits per heavy atom. The van der Waals surface area contributed by atoms with Gasteiger partial charge in [0.1, 0.15) is 5.82 Å². The first-order valence-corrected chi connectivity index (χ1v) is 10.1. The zero-order valence-corrected chi connectivity index (χ0v) is 18.7. The molecule has 7 heteroatoms. The quantitative estimate of drug-likeness (QED) is 0.339. The fraction of sp³-hybridized carbons (Fsp3) is 0.700. The van der Waals surface area contributed by atoms with Crippen LogP contribution in [0.5, 0.6) is 0 Å². The monoisotopic (exact) mass is 487 g/mol. The molecule has 1 aromatic heterocycles. The Kier molecular flexibility index (Phi) is 9.08. The number of nitrogens with one attached hydrogen (secondary N) is 2. The van der Waals surface area contributed by atoms with Gasteiger partial charge in [0.05, 0.1) is 12.1 Å². The van der Waals surface area contributed by atoms with Crippen LogP contribution in [0.15, 0.2) is 29.4 Å². The number of halogens is 1. The van der Waals surface area contributed by atoms with Gasteiger partial charge in [-0.3, -0.25) is 4.99 Å². The second-order valence-corrected chi connectivity index (χ2v) is 7.57. The van der Waals surface area contributed by atoms with Gasteiger partial charge in [0, 0.05) is 31.9 Å². The Hall–Kier alpha value is -1.09. The number of anilines is 1. The van der Waals surface area contributed by atoms with Crippen molar-refractivity contribution >= 4 is 35.8 Å². The highest BCUT2D eigenvalue weighted by Gasteiger charge is 2.29. The molecule has 2 heterocycles. The van der Waals surface area contributed by atoms with Crippen molar-refractivity contribution in [3.8, 4) is 0 Å². The van der Waals surface area contributed by atoms with Crippen LogP contribution in [0, 0.1) is 0 Å². The number of nitrogens with zero attached hydrogens (tertiary/aromatic N) is 3. The molecule has 1 aliphatic heterocycles. The number of rotatable bonds is 5. The van der Waals surface area contributed by atoms with Gasteiger partial charge >= 0.3 is 0 Å². The molecule has 1 saturated carbocycles. The van der Waals surface area contributed by atoms with Crippen molar-refractivity contribution in [1.29, 1.82) is 0 Å². The van der Waals surface area contributed by atoms with Gasteiger partial charge in [0.2, 0.25) is 0 Å². The Bertz CT molecular complexity index is 569. The lowest BCUT2D eigenvalue weighted by Gasteiger charge is -2.34. The van der Waals surface area contributed by atoms with Crippen LogP contribution in [0.25, 0.3) is 0 Å². The van der Waals surface area contributed by atoms with E-state index < -0.39 is 5.60 Å². The summed E-state index contributed by atoms with van der Waals surface area (Å²) >= 11 is 0. The molecular formula is C20H34IN5O. The van der Waals surface area contributed by atoms with E-state index in [1.807, 2.05) is 18.3 Å². The molecule has 0 aromatic carbocycles. The highest BCUT2D eigenvalue weighted by Crippen LogP contribution is 2.28. The average molecular weight is 487 g/mol. The van der Waals surface area contributed by atoms with E-state index in [1.165, 1.54) is 6.42 Å². The summed E-state index contributed by atoms with van der Waals surface area (Å²) < 4.78 is 0. The maximum atomic E-state index is 10.7. The molecule has 6 nitrogen and oxygen atoms in total. The lowest BCUT2D eigenvalue weighted by molar-refractivity contribution is 0.0131. The maximum Gasteiger partial charge on any atom is 0.191 e. The third kappa shape index (κ3) is 6.78. The lowest BCUT2D eigenvalue weighted by Crippen LogP contribution is -2.49. The van der Waals surface area contributed by atoms with Crippen LogP contribution >= 0.6 is 24.0 Å². The van der Waals surface area contributed by atoms with E-state index in [0.29, 0.717) is 12.6 Å². The SMILES string of the molecule is CCNC(=NCC1(O)CCCCC1)NC1CCN(c2ccccn2)CC1.I. The average Bonchev–Trinajstić information content (AvgIpc) is 2.68. The van der Waals surface area contributed by atoms with Crippen LogP contribution in [0.2, 0.25) is 0 Å². The van der Waals surface area contributed by atoms with E-state index in [9.17, 15) is 5.11 Å². The Labute approximate surface area is 180 Å². The summed E-state index contributed by atoms with van der Waals surface area (Å²) in [5.41, 5.74) is -0.608. The van der Waals surface area contributed by atoms with Crippen LogP contribution in [0.3, 0.4) is 0 Å². The minimum absolute atomic E-state index is 0. The molecule has 0 amide bonds. The van der Waals surface area contributed by atoms with Crippen LogP contribution < -0.4 is 15.5 Å². The van der Waals surface area contributed by atoms with Crippen LogP contribution in [0.1, 0.15) is 51.9 Å². The number of hydrogen-bond donors (Lipinski definition) is 3. The number of aliphatic imine (C=N–C) groups is 1. The molecule has 0 radical (unpaired) electrons. The number of aromatic nitrogens is 1. The van der Waals surface area contributed by atoms with E-state index in [1.54, 1.807) is 0 Å². The Morgan fingerprint density at radius 3 is 2.63 bits per heavy atom. The summed E-state index contributed by atoms with van der Waals surface area (Å²) in [5.74, 6) is 1.90. The highest BCUT2D eigenvalue weighted by atomic mass is 127. The van der Waals surface area contributed by atoms with Crippen molar-refractivity contribution in [1.82, 2.24) is 15.6 Å². The molecule has 0 atom stereocenters. The third-order valence-electron chi connectivity index (χ3n) is 5.47. The fourth-order valence-corrected chi connectivity index (χ4v) is 3.90. The van der Waals surface area contributed by atoms with Gasteiger partial charge in [-0.2, -0.15) is 0 Å². The number of piperidine rings is 1. The lowest BCUT2D eigenvalue weighted by atomic mass is 9.85. The number of guanidine groups is 1. The summed E-state index contributed by atoms with van der Waals surface area (Å²) in [6, 6.07) is 6.48. The molecule has 1 aromatic rings. The van der Waals surface area contributed by atoms with Gasteiger partial charge in [-0.05, 0) is 44.7 Å². The largest absolute Gasteiger partial charge is 0.388 e. The number of aliphatic hydroxyl groups is 1. The van der Waals surface area contributed by atoms with E-state index in [2.05, 4.69) is 33.5 Å². The van der Waals surface area contributed by atoms with Crippen LogP contribution in [0.4, 0.5) is 5.82 Å². The van der Waals surface area contributed by atoms with Crippen LogP contribution in [-0.2, 0) is 0 Å². The summed E-state index contributed by atoms with van der Waals surface area (Å²) in [4.78, 5) is 11.5. The molecule has 1 aliphatic carbocycles. The van der Waals surface area contributed by atoms with Crippen molar-refractivity contribution in [2.24, 2.45) is 4.99 Å². The van der Waals surface area contributed by atoms with Crippen LogP contribution in [-0.4, -0.2) is 53.9 Å². The van der Waals surface area contributed by atoms with E-state index in [4.69, 9.17) is 4.99 Å². The molecule has 152 valence electrons. The zero-order valence-electron chi connectivity index (χ0n) is 16.4. The van der Waals surface area contributed by atoms with Crippen molar-refractivity contribution in [3.63, 3.8) is 0 Å². The molecule has 0 spiro atoms. The van der Waals surface area contributed by atoms with Crippen molar-refractivity contribution in [2.75, 3.05) is 31.1 Å². The molecule has 27 heavy (non-hydrogen) atoms. The summed E-state index contributed by atoms with van der Waals surface area (Å²) in [6.45, 7) is 5.40. The molecule has 0 bridgehead atoms. The van der Waals surface area contributed by atoms with Crippen molar-refractivity contribution in [2.45, 2.75) is 63.5 Å². The fourth-order valence-electron chi connectivity index (χ4n) is 3.90. The topological polar surface area (TPSA) is 72.8 Å². The van der Waals surface area contributed by atoms with Crippen molar-refractivity contribution < 1.29 is 5.11 Å². The maximum absolute atomic E-state index is 10.7. The minimum atomic E-state index is -0.608. The summed E-state index contributed by atoms with van der Waals surface area (Å²) in [6.07, 6.45) is 9.18. The predicted octanol–water partition coefficient (Wildman–Crippen LogP) is 2.92. The van der Waals surface area contributed by atoms with E-state index >= 15 is 0 Å². The third-order valence-corrected chi connectivity index (χ3v) is 5.47. The number of hydrogen-bond acceptors (Lipinski definition) is 4. The summed E-state index contributed by atoms with van der Waals surface area (Å²) in [7, 11) is 0. The minimum Gasteiger partial charge on any atom is -0.388 e. The first kappa shape index (κ1) is 22.2. The Morgan fingerprint density at radius 1 is 1.26 bits per heavy atom. The molecule has 0 unspecified atom stereocenters. The molecule has 3 rings (SSSR count). The molecular weight excluding hydrogens is 453 g/mol. The van der Waals surface area contributed by atoms with E-state index in [-0.39, 0.29) is 24.0 Å². The van der Waals surface area contributed by atoms with Gasteiger partial charge < -0.3 is 20.6 Å². The van der Waals surface area contributed by atoms with Gasteiger partial charge in [-0.1, -0.05) is 25.3 Å². The van der Waals surface area contributed by atoms with Crippen molar-refractivity contribution in [3.05, 3.63) is 24.4 Å². The standard InChI is InChI=1S/C20H33N5O.HI/c1-2-21-19(23-16-20(26)11-5-3-6-12-20)24-17-9-14-25(15-10-17)18-8-4-7-13-22-18;/h4,7-8,13,17,26H,2-3,5-6,9-12,14-16H2,1H3,(H2,21,23,24);1H. The molecule has 2 fully saturated rings. The predicted molar refractivity (Wildman–Crippen MR) is 122 cm³/mol. The Balaban J connectivity index is 0.00000261. The highest BCUT2D eigenvalue weighted by molar-refractivity contribution is 14.0. The van der Waals surface area contributed by atoms with Gasteiger partial charge in [0.15, 0.2) is 5.96 Å².